The molecule has 1 heterocycles. The van der Waals surface area contributed by atoms with E-state index in [0.717, 1.165) is 0 Å². The number of aliphatic carboxylic acids is 1. The van der Waals surface area contributed by atoms with Crippen LogP contribution in [-0.4, -0.2) is 23.0 Å². The SMILES string of the molecule is CCC(C)C(NC(=O)c1ccc(N)o1)C(=O)O. The maximum Gasteiger partial charge on any atom is 0.326 e. The second-order valence-electron chi connectivity index (χ2n) is 3.88. The fraction of sp³-hybridized carbons (Fsp3) is 0.455. The lowest BCUT2D eigenvalue weighted by Crippen LogP contribution is -2.44. The normalized spacial score (nSPS) is 14.0. The van der Waals surface area contributed by atoms with Gasteiger partial charge in [0.15, 0.2) is 11.6 Å². The van der Waals surface area contributed by atoms with Crippen molar-refractivity contribution in [2.45, 2.75) is 26.3 Å². The molecule has 0 bridgehead atoms. The number of nitrogen functional groups attached to an aromatic ring is 1. The molecule has 1 aromatic heterocycles. The molecule has 0 aliphatic carbocycles. The van der Waals surface area contributed by atoms with E-state index in [1.807, 2.05) is 6.92 Å². The largest absolute Gasteiger partial charge is 0.480 e. The molecule has 2 atom stereocenters. The zero-order chi connectivity index (χ0) is 13.0. The van der Waals surface area contributed by atoms with Crippen molar-refractivity contribution in [2.24, 2.45) is 5.92 Å². The summed E-state index contributed by atoms with van der Waals surface area (Å²) in [5.74, 6) is -1.67. The average molecular weight is 240 g/mol. The summed E-state index contributed by atoms with van der Waals surface area (Å²) in [7, 11) is 0. The maximum atomic E-state index is 11.7. The maximum absolute atomic E-state index is 11.7. The number of amides is 1. The van der Waals surface area contributed by atoms with Gasteiger partial charge in [-0.25, -0.2) is 4.79 Å². The molecule has 94 valence electrons. The fourth-order valence-corrected chi connectivity index (χ4v) is 1.37. The molecule has 4 N–H and O–H groups in total. The number of hydrogen-bond donors (Lipinski definition) is 3. The smallest absolute Gasteiger partial charge is 0.326 e. The molecule has 0 spiro atoms. The molecule has 6 heteroatoms. The predicted octanol–water partition coefficient (Wildman–Crippen LogP) is 1.09. The van der Waals surface area contributed by atoms with Gasteiger partial charge >= 0.3 is 5.97 Å². The van der Waals surface area contributed by atoms with Crippen molar-refractivity contribution in [3.63, 3.8) is 0 Å². The number of carboxylic acids is 1. The third-order valence-corrected chi connectivity index (χ3v) is 2.62. The quantitative estimate of drug-likeness (QED) is 0.714. The first-order valence-corrected chi connectivity index (χ1v) is 5.34. The molecule has 6 nitrogen and oxygen atoms in total. The zero-order valence-corrected chi connectivity index (χ0v) is 9.77. The Morgan fingerprint density at radius 2 is 2.18 bits per heavy atom. The zero-order valence-electron chi connectivity index (χ0n) is 9.77. The molecule has 0 fully saturated rings. The van der Waals surface area contributed by atoms with Gasteiger partial charge in [-0.2, -0.15) is 0 Å². The first kappa shape index (κ1) is 13.1. The molecule has 0 aliphatic heterocycles. The lowest BCUT2D eigenvalue weighted by atomic mass is 9.99. The highest BCUT2D eigenvalue weighted by Crippen LogP contribution is 2.12. The number of furan rings is 1. The highest BCUT2D eigenvalue weighted by Gasteiger charge is 2.26. The number of carbonyl (C=O) groups excluding carboxylic acids is 1. The van der Waals surface area contributed by atoms with Gasteiger partial charge in [0.25, 0.3) is 5.91 Å². The van der Waals surface area contributed by atoms with Crippen molar-refractivity contribution in [2.75, 3.05) is 5.73 Å². The fourth-order valence-electron chi connectivity index (χ4n) is 1.37. The average Bonchev–Trinajstić information content (AvgIpc) is 2.71. The number of hydrogen-bond acceptors (Lipinski definition) is 4. The van der Waals surface area contributed by atoms with E-state index in [1.54, 1.807) is 6.92 Å². The molecule has 1 rings (SSSR count). The van der Waals surface area contributed by atoms with Crippen LogP contribution in [0.25, 0.3) is 0 Å². The van der Waals surface area contributed by atoms with Crippen molar-refractivity contribution in [1.82, 2.24) is 5.32 Å². The highest BCUT2D eigenvalue weighted by atomic mass is 16.4. The standard InChI is InChI=1S/C11H16N2O4/c1-3-6(2)9(11(15)16)13-10(14)7-4-5-8(12)17-7/h4-6,9H,3,12H2,1-2H3,(H,13,14)(H,15,16). The Labute approximate surface area is 98.8 Å². The van der Waals surface area contributed by atoms with Crippen LogP contribution in [0.1, 0.15) is 30.8 Å². The van der Waals surface area contributed by atoms with Crippen LogP contribution in [0, 0.1) is 5.92 Å². The molecular weight excluding hydrogens is 224 g/mol. The van der Waals surface area contributed by atoms with E-state index in [0.29, 0.717) is 6.42 Å². The van der Waals surface area contributed by atoms with Gasteiger partial charge < -0.3 is 20.6 Å². The van der Waals surface area contributed by atoms with Crippen LogP contribution in [-0.2, 0) is 4.79 Å². The Morgan fingerprint density at radius 1 is 1.53 bits per heavy atom. The van der Waals surface area contributed by atoms with E-state index >= 15 is 0 Å². The second-order valence-corrected chi connectivity index (χ2v) is 3.88. The summed E-state index contributed by atoms with van der Waals surface area (Å²) in [6.07, 6.45) is 0.650. The number of nitrogens with one attached hydrogen (secondary N) is 1. The van der Waals surface area contributed by atoms with Crippen LogP contribution in [0.3, 0.4) is 0 Å². The Balaban J connectivity index is 2.74. The van der Waals surface area contributed by atoms with E-state index in [2.05, 4.69) is 5.32 Å². The van der Waals surface area contributed by atoms with E-state index in [9.17, 15) is 9.59 Å². The number of carboxylic acid groups (broad SMARTS) is 1. The molecule has 0 saturated carbocycles. The molecule has 0 radical (unpaired) electrons. The summed E-state index contributed by atoms with van der Waals surface area (Å²) >= 11 is 0. The minimum atomic E-state index is -1.06. The van der Waals surface area contributed by atoms with Gasteiger partial charge in [0.1, 0.15) is 6.04 Å². The minimum Gasteiger partial charge on any atom is -0.480 e. The van der Waals surface area contributed by atoms with Crippen LogP contribution < -0.4 is 11.1 Å². The minimum absolute atomic E-state index is 0.0112. The van der Waals surface area contributed by atoms with Crippen LogP contribution in [0.5, 0.6) is 0 Å². The second kappa shape index (κ2) is 5.38. The molecule has 17 heavy (non-hydrogen) atoms. The Kier molecular flexibility index (Phi) is 4.14. The Hall–Kier alpha value is -1.98. The van der Waals surface area contributed by atoms with Crippen molar-refractivity contribution >= 4 is 17.8 Å². The van der Waals surface area contributed by atoms with Gasteiger partial charge in [0, 0.05) is 6.07 Å². The lowest BCUT2D eigenvalue weighted by Gasteiger charge is -2.19. The molecule has 0 saturated heterocycles. The van der Waals surface area contributed by atoms with Crippen molar-refractivity contribution in [3.05, 3.63) is 17.9 Å². The van der Waals surface area contributed by atoms with E-state index < -0.39 is 17.9 Å². The molecule has 2 unspecified atom stereocenters. The van der Waals surface area contributed by atoms with Crippen LogP contribution in [0.15, 0.2) is 16.5 Å². The summed E-state index contributed by atoms with van der Waals surface area (Å²) in [5, 5.41) is 11.4. The molecule has 1 aromatic rings. The topological polar surface area (TPSA) is 106 Å². The molecule has 1 amide bonds. The van der Waals surface area contributed by atoms with Gasteiger partial charge in [-0.05, 0) is 12.0 Å². The van der Waals surface area contributed by atoms with Crippen molar-refractivity contribution < 1.29 is 19.1 Å². The van der Waals surface area contributed by atoms with Gasteiger partial charge in [-0.3, -0.25) is 4.79 Å². The molecule has 0 aromatic carbocycles. The third-order valence-electron chi connectivity index (χ3n) is 2.62. The highest BCUT2D eigenvalue weighted by molar-refractivity contribution is 5.94. The molecular formula is C11H16N2O4. The van der Waals surface area contributed by atoms with E-state index in [1.165, 1.54) is 12.1 Å². The number of anilines is 1. The lowest BCUT2D eigenvalue weighted by molar-refractivity contribution is -0.140. The Bertz CT molecular complexity index is 413. The van der Waals surface area contributed by atoms with Crippen molar-refractivity contribution in [1.29, 1.82) is 0 Å². The molecule has 0 aliphatic rings. The summed E-state index contributed by atoms with van der Waals surface area (Å²) in [6.45, 7) is 3.62. The van der Waals surface area contributed by atoms with Gasteiger partial charge in [0.2, 0.25) is 0 Å². The van der Waals surface area contributed by atoms with E-state index in [4.69, 9.17) is 15.3 Å². The monoisotopic (exact) mass is 240 g/mol. The van der Waals surface area contributed by atoms with Gasteiger partial charge in [-0.15, -0.1) is 0 Å². The van der Waals surface area contributed by atoms with Crippen LogP contribution in [0.4, 0.5) is 5.88 Å². The summed E-state index contributed by atoms with van der Waals surface area (Å²) in [6, 6.07) is 1.91. The van der Waals surface area contributed by atoms with E-state index in [-0.39, 0.29) is 17.6 Å². The predicted molar refractivity (Wildman–Crippen MR) is 61.5 cm³/mol. The number of nitrogens with two attached hydrogens (primary N) is 1. The summed E-state index contributed by atoms with van der Waals surface area (Å²) in [5.41, 5.74) is 5.33. The summed E-state index contributed by atoms with van der Waals surface area (Å²) in [4.78, 5) is 22.7. The number of carbonyl (C=O) groups is 2. The van der Waals surface area contributed by atoms with Crippen LogP contribution in [0.2, 0.25) is 0 Å². The third kappa shape index (κ3) is 3.24. The van der Waals surface area contributed by atoms with Crippen molar-refractivity contribution in [3.8, 4) is 0 Å². The Morgan fingerprint density at radius 3 is 2.59 bits per heavy atom. The number of rotatable bonds is 5. The summed E-state index contributed by atoms with van der Waals surface area (Å²) < 4.78 is 4.91. The first-order chi connectivity index (χ1) is 7.95. The van der Waals surface area contributed by atoms with Crippen LogP contribution >= 0.6 is 0 Å². The van der Waals surface area contributed by atoms with Gasteiger partial charge in [-0.1, -0.05) is 20.3 Å². The van der Waals surface area contributed by atoms with Gasteiger partial charge in [0.05, 0.1) is 0 Å². The first-order valence-electron chi connectivity index (χ1n) is 5.34.